The van der Waals surface area contributed by atoms with Gasteiger partial charge in [0, 0.05) is 6.92 Å². The number of phenolic OH excluding ortho intramolecular Hbond substituents is 1. The van der Waals surface area contributed by atoms with Crippen LogP contribution in [0.25, 0.3) is 0 Å². The fraction of sp³-hybridized carbons (Fsp3) is 0.222. The molecule has 0 heterocycles. The van der Waals surface area contributed by atoms with Crippen LogP contribution in [-0.4, -0.2) is 11.1 Å². The number of benzene rings is 1. The van der Waals surface area contributed by atoms with E-state index >= 15 is 0 Å². The molecule has 13 heavy (non-hydrogen) atoms. The van der Waals surface area contributed by atoms with Crippen molar-refractivity contribution in [3.63, 3.8) is 0 Å². The molecule has 0 saturated carbocycles. The molecule has 0 aliphatic carbocycles. The van der Waals surface area contributed by atoms with Gasteiger partial charge in [-0.05, 0) is 30.7 Å². The van der Waals surface area contributed by atoms with Gasteiger partial charge in [-0.3, -0.25) is 9.78 Å². The first-order valence-corrected chi connectivity index (χ1v) is 3.74. The lowest BCUT2D eigenvalue weighted by Gasteiger charge is -2.05. The number of phenols is 1. The molecule has 4 heteroatoms. The maximum Gasteiger partial charge on any atom is 0.352 e. The summed E-state index contributed by atoms with van der Waals surface area (Å²) >= 11 is 0. The van der Waals surface area contributed by atoms with Crippen LogP contribution in [-0.2, 0) is 9.68 Å². The second-order valence-electron chi connectivity index (χ2n) is 2.61. The Balaban J connectivity index is 2.72. The summed E-state index contributed by atoms with van der Waals surface area (Å²) in [7, 11) is 0. The second kappa shape index (κ2) is 3.80. The van der Waals surface area contributed by atoms with Gasteiger partial charge < -0.3 is 5.11 Å². The number of hydrogen-bond donors (Lipinski definition) is 1. The highest BCUT2D eigenvalue weighted by Crippen LogP contribution is 2.22. The van der Waals surface area contributed by atoms with E-state index in [1.807, 2.05) is 0 Å². The topological polar surface area (TPSA) is 55.8 Å². The van der Waals surface area contributed by atoms with Crippen LogP contribution in [0.4, 0.5) is 0 Å². The molecule has 70 valence electrons. The highest BCUT2D eigenvalue weighted by molar-refractivity contribution is 5.65. The number of carbonyl (C=O) groups is 1. The van der Waals surface area contributed by atoms with Crippen LogP contribution < -0.4 is 4.89 Å². The summed E-state index contributed by atoms with van der Waals surface area (Å²) in [5.41, 5.74) is 0.696. The highest BCUT2D eigenvalue weighted by atomic mass is 17.2. The van der Waals surface area contributed by atoms with E-state index in [-0.39, 0.29) is 5.75 Å². The standard InChI is InChI=1S/C9H10O4/c1-6-5-8(11)3-4-9(6)13-12-7(2)10/h3-5,11H,1-2H3. The summed E-state index contributed by atoms with van der Waals surface area (Å²) in [5, 5.41) is 9.05. The van der Waals surface area contributed by atoms with E-state index in [1.165, 1.54) is 25.1 Å². The summed E-state index contributed by atoms with van der Waals surface area (Å²) < 4.78 is 0. The van der Waals surface area contributed by atoms with E-state index < -0.39 is 5.97 Å². The highest BCUT2D eigenvalue weighted by Gasteiger charge is 2.02. The third-order valence-electron chi connectivity index (χ3n) is 1.41. The van der Waals surface area contributed by atoms with Crippen LogP contribution in [0.5, 0.6) is 11.5 Å². The lowest BCUT2D eigenvalue weighted by molar-refractivity contribution is -0.211. The molecular formula is C9H10O4. The van der Waals surface area contributed by atoms with E-state index in [0.717, 1.165) is 0 Å². The lowest BCUT2D eigenvalue weighted by atomic mass is 10.2. The summed E-state index contributed by atoms with van der Waals surface area (Å²) in [4.78, 5) is 19.4. The van der Waals surface area contributed by atoms with Crippen molar-refractivity contribution in [3.8, 4) is 11.5 Å². The fourth-order valence-electron chi connectivity index (χ4n) is 0.831. The molecule has 0 atom stereocenters. The van der Waals surface area contributed by atoms with E-state index in [0.29, 0.717) is 11.3 Å². The van der Waals surface area contributed by atoms with Crippen molar-refractivity contribution >= 4 is 5.97 Å². The third-order valence-corrected chi connectivity index (χ3v) is 1.41. The molecule has 0 bridgehead atoms. The molecule has 0 amide bonds. The first-order valence-electron chi connectivity index (χ1n) is 3.74. The minimum atomic E-state index is -0.521. The molecule has 1 aromatic rings. The minimum absolute atomic E-state index is 0.146. The molecular weight excluding hydrogens is 172 g/mol. The van der Waals surface area contributed by atoms with Gasteiger partial charge in [0.2, 0.25) is 0 Å². The molecule has 1 rings (SSSR count). The summed E-state index contributed by atoms with van der Waals surface area (Å²) in [5.74, 6) is 0.0353. The smallest absolute Gasteiger partial charge is 0.352 e. The van der Waals surface area contributed by atoms with Gasteiger partial charge in [0.15, 0.2) is 5.75 Å². The largest absolute Gasteiger partial charge is 0.508 e. The van der Waals surface area contributed by atoms with Gasteiger partial charge in [-0.1, -0.05) is 0 Å². The maximum atomic E-state index is 10.4. The summed E-state index contributed by atoms with van der Waals surface area (Å²) in [6.45, 7) is 2.98. The SMILES string of the molecule is CC(=O)OOc1ccc(O)cc1C. The Hall–Kier alpha value is -1.71. The van der Waals surface area contributed by atoms with Gasteiger partial charge >= 0.3 is 5.97 Å². The monoisotopic (exact) mass is 182 g/mol. The van der Waals surface area contributed by atoms with Crippen molar-refractivity contribution < 1.29 is 19.7 Å². The molecule has 0 spiro atoms. The molecule has 0 unspecified atom stereocenters. The molecule has 0 aliphatic rings. The van der Waals surface area contributed by atoms with E-state index in [4.69, 9.17) is 9.99 Å². The van der Waals surface area contributed by atoms with Crippen LogP contribution in [0.15, 0.2) is 18.2 Å². The molecule has 4 nitrogen and oxygen atoms in total. The van der Waals surface area contributed by atoms with Gasteiger partial charge in [0.25, 0.3) is 0 Å². The van der Waals surface area contributed by atoms with Crippen LogP contribution in [0, 0.1) is 6.92 Å². The first-order chi connectivity index (χ1) is 6.09. The van der Waals surface area contributed by atoms with Crippen molar-refractivity contribution in [1.82, 2.24) is 0 Å². The predicted molar refractivity (Wildman–Crippen MR) is 45.2 cm³/mol. The Bertz CT molecular complexity index is 319. The lowest BCUT2D eigenvalue weighted by Crippen LogP contribution is -2.03. The van der Waals surface area contributed by atoms with Crippen LogP contribution in [0.3, 0.4) is 0 Å². The predicted octanol–water partition coefficient (Wildman–Crippen LogP) is 1.56. The van der Waals surface area contributed by atoms with Crippen LogP contribution >= 0.6 is 0 Å². The molecule has 1 N–H and O–H groups in total. The number of aromatic hydroxyl groups is 1. The Morgan fingerprint density at radius 2 is 2.15 bits per heavy atom. The van der Waals surface area contributed by atoms with E-state index in [1.54, 1.807) is 6.92 Å². The zero-order valence-electron chi connectivity index (χ0n) is 7.40. The molecule has 0 radical (unpaired) electrons. The molecule has 0 saturated heterocycles. The van der Waals surface area contributed by atoms with Crippen LogP contribution in [0.1, 0.15) is 12.5 Å². The third kappa shape index (κ3) is 2.66. The quantitative estimate of drug-likeness (QED) is 0.557. The number of carbonyl (C=O) groups excluding carboxylic acids is 1. The molecule has 1 aromatic carbocycles. The summed E-state index contributed by atoms with van der Waals surface area (Å²) in [6.07, 6.45) is 0. The Morgan fingerprint density at radius 1 is 1.46 bits per heavy atom. The second-order valence-corrected chi connectivity index (χ2v) is 2.61. The molecule has 0 aromatic heterocycles. The number of aryl methyl sites for hydroxylation is 1. The van der Waals surface area contributed by atoms with Crippen molar-refractivity contribution in [2.75, 3.05) is 0 Å². The fourth-order valence-corrected chi connectivity index (χ4v) is 0.831. The Morgan fingerprint density at radius 3 is 2.69 bits per heavy atom. The van der Waals surface area contributed by atoms with Crippen molar-refractivity contribution in [2.24, 2.45) is 0 Å². The van der Waals surface area contributed by atoms with Gasteiger partial charge in [-0.2, -0.15) is 0 Å². The van der Waals surface area contributed by atoms with Crippen LogP contribution in [0.2, 0.25) is 0 Å². The van der Waals surface area contributed by atoms with Crippen molar-refractivity contribution in [2.45, 2.75) is 13.8 Å². The number of hydrogen-bond acceptors (Lipinski definition) is 4. The molecule has 0 fully saturated rings. The van der Waals surface area contributed by atoms with Gasteiger partial charge in [0.1, 0.15) is 5.75 Å². The summed E-state index contributed by atoms with van der Waals surface area (Å²) in [6, 6.07) is 4.48. The normalized spacial score (nSPS) is 9.38. The van der Waals surface area contributed by atoms with Crippen molar-refractivity contribution in [1.29, 1.82) is 0 Å². The zero-order chi connectivity index (χ0) is 9.84. The maximum absolute atomic E-state index is 10.4. The van der Waals surface area contributed by atoms with Crippen molar-refractivity contribution in [3.05, 3.63) is 23.8 Å². The molecule has 0 aliphatic heterocycles. The average Bonchev–Trinajstić information content (AvgIpc) is 2.02. The average molecular weight is 182 g/mol. The van der Waals surface area contributed by atoms with Gasteiger partial charge in [-0.15, -0.1) is 0 Å². The minimum Gasteiger partial charge on any atom is -0.508 e. The van der Waals surface area contributed by atoms with Gasteiger partial charge in [0.05, 0.1) is 0 Å². The Kier molecular flexibility index (Phi) is 2.74. The van der Waals surface area contributed by atoms with Gasteiger partial charge in [-0.25, -0.2) is 4.79 Å². The zero-order valence-corrected chi connectivity index (χ0v) is 7.40. The van der Waals surface area contributed by atoms with E-state index in [9.17, 15) is 4.79 Å². The van der Waals surface area contributed by atoms with E-state index in [2.05, 4.69) is 4.89 Å². The number of rotatable bonds is 2. The first kappa shape index (κ1) is 9.38. The Labute approximate surface area is 75.6 Å².